The van der Waals surface area contributed by atoms with Crippen LogP contribution in [-0.2, 0) is 6.54 Å². The van der Waals surface area contributed by atoms with E-state index in [0.717, 1.165) is 11.5 Å². The number of anilines is 1. The fourth-order valence-corrected chi connectivity index (χ4v) is 1.27. The maximum atomic E-state index is 6.05. The second kappa shape index (κ2) is 4.81. The van der Waals surface area contributed by atoms with Crippen molar-refractivity contribution < 1.29 is 0 Å². The molecule has 0 atom stereocenters. The topological polar surface area (TPSA) is 37.0 Å². The summed E-state index contributed by atoms with van der Waals surface area (Å²) in [4.78, 5) is 4.39. The van der Waals surface area contributed by atoms with Gasteiger partial charge >= 0.3 is 0 Å². The van der Waals surface area contributed by atoms with Crippen LogP contribution in [0.25, 0.3) is 0 Å². The zero-order valence-corrected chi connectivity index (χ0v) is 10.4. The molecule has 0 aliphatic rings. The Labute approximate surface area is 96.2 Å². The molecule has 1 aromatic rings. The van der Waals surface area contributed by atoms with Crippen molar-refractivity contribution in [3.05, 3.63) is 22.8 Å². The van der Waals surface area contributed by atoms with E-state index in [0.29, 0.717) is 11.6 Å². The fraction of sp³-hybridized carbons (Fsp3) is 0.545. The van der Waals surface area contributed by atoms with Gasteiger partial charge in [0, 0.05) is 19.1 Å². The minimum Gasteiger partial charge on any atom is -0.373 e. The summed E-state index contributed by atoms with van der Waals surface area (Å²) < 4.78 is 0. The first-order valence-electron chi connectivity index (χ1n) is 5.00. The number of hydrogen-bond donors (Lipinski definition) is 2. The lowest BCUT2D eigenvalue weighted by Gasteiger charge is -2.20. The van der Waals surface area contributed by atoms with Gasteiger partial charge in [0.15, 0.2) is 0 Å². The van der Waals surface area contributed by atoms with Crippen LogP contribution in [0.2, 0.25) is 5.02 Å². The number of rotatable bonds is 3. The second-order valence-corrected chi connectivity index (χ2v) is 4.89. The van der Waals surface area contributed by atoms with E-state index in [1.54, 1.807) is 0 Å². The lowest BCUT2D eigenvalue weighted by molar-refractivity contribution is 0.421. The molecule has 2 N–H and O–H groups in total. The standard InChI is InChI=1S/C11H18ClN3/c1-11(2,3)14-7-9-8(12)5-6-10(13-4)15-9/h5-6,14H,7H2,1-4H3,(H,13,15). The first-order valence-corrected chi connectivity index (χ1v) is 5.38. The van der Waals surface area contributed by atoms with E-state index in [9.17, 15) is 0 Å². The Morgan fingerprint density at radius 1 is 1.33 bits per heavy atom. The van der Waals surface area contributed by atoms with Gasteiger partial charge in [-0.15, -0.1) is 0 Å². The molecule has 0 amide bonds. The van der Waals surface area contributed by atoms with Crippen LogP contribution in [0.15, 0.2) is 12.1 Å². The van der Waals surface area contributed by atoms with Crippen molar-refractivity contribution in [1.82, 2.24) is 10.3 Å². The third kappa shape index (κ3) is 4.06. The number of nitrogens with one attached hydrogen (secondary N) is 2. The Kier molecular flexibility index (Phi) is 3.94. The van der Waals surface area contributed by atoms with Gasteiger partial charge in [0.2, 0.25) is 0 Å². The zero-order chi connectivity index (χ0) is 11.5. The van der Waals surface area contributed by atoms with E-state index < -0.39 is 0 Å². The Morgan fingerprint density at radius 2 is 2.00 bits per heavy atom. The molecule has 0 saturated carbocycles. The van der Waals surface area contributed by atoms with Gasteiger partial charge < -0.3 is 10.6 Å². The minimum atomic E-state index is 0.0701. The van der Waals surface area contributed by atoms with E-state index in [2.05, 4.69) is 36.4 Å². The van der Waals surface area contributed by atoms with Gasteiger partial charge in [-0.1, -0.05) is 11.6 Å². The molecule has 3 nitrogen and oxygen atoms in total. The maximum absolute atomic E-state index is 6.05. The van der Waals surface area contributed by atoms with E-state index in [4.69, 9.17) is 11.6 Å². The Bertz CT molecular complexity index is 331. The number of pyridine rings is 1. The third-order valence-corrected chi connectivity index (χ3v) is 2.31. The fourth-order valence-electron chi connectivity index (χ4n) is 1.10. The Hall–Kier alpha value is -0.800. The summed E-state index contributed by atoms with van der Waals surface area (Å²) >= 11 is 6.05. The highest BCUT2D eigenvalue weighted by Crippen LogP contribution is 2.17. The zero-order valence-electron chi connectivity index (χ0n) is 9.69. The quantitative estimate of drug-likeness (QED) is 0.834. The second-order valence-electron chi connectivity index (χ2n) is 4.48. The van der Waals surface area contributed by atoms with Gasteiger partial charge in [0.25, 0.3) is 0 Å². The van der Waals surface area contributed by atoms with Gasteiger partial charge in [-0.05, 0) is 32.9 Å². The molecule has 1 rings (SSSR count). The first-order chi connectivity index (χ1) is 6.92. The predicted molar refractivity (Wildman–Crippen MR) is 65.4 cm³/mol. The molecule has 0 aliphatic heterocycles. The third-order valence-electron chi connectivity index (χ3n) is 1.96. The Balaban J connectivity index is 2.75. The molecule has 0 radical (unpaired) electrons. The van der Waals surface area contributed by atoms with Crippen LogP contribution in [0, 0.1) is 0 Å². The van der Waals surface area contributed by atoms with Crippen LogP contribution in [-0.4, -0.2) is 17.6 Å². The van der Waals surface area contributed by atoms with Crippen LogP contribution in [0.4, 0.5) is 5.82 Å². The van der Waals surface area contributed by atoms with Crippen molar-refractivity contribution in [2.45, 2.75) is 32.9 Å². The molecule has 0 spiro atoms. The van der Waals surface area contributed by atoms with Crippen LogP contribution >= 0.6 is 11.6 Å². The molecule has 84 valence electrons. The van der Waals surface area contributed by atoms with E-state index >= 15 is 0 Å². The largest absolute Gasteiger partial charge is 0.373 e. The number of hydrogen-bond acceptors (Lipinski definition) is 3. The van der Waals surface area contributed by atoms with Crippen molar-refractivity contribution in [3.8, 4) is 0 Å². The number of halogens is 1. The summed E-state index contributed by atoms with van der Waals surface area (Å²) in [6.07, 6.45) is 0. The molecule has 0 saturated heterocycles. The van der Waals surface area contributed by atoms with Crippen LogP contribution < -0.4 is 10.6 Å². The van der Waals surface area contributed by atoms with Crippen molar-refractivity contribution in [2.24, 2.45) is 0 Å². The highest BCUT2D eigenvalue weighted by Gasteiger charge is 2.10. The van der Waals surface area contributed by atoms with E-state index in [-0.39, 0.29) is 5.54 Å². The summed E-state index contributed by atoms with van der Waals surface area (Å²) in [7, 11) is 1.84. The van der Waals surface area contributed by atoms with Crippen LogP contribution in [0.3, 0.4) is 0 Å². The van der Waals surface area contributed by atoms with E-state index in [1.165, 1.54) is 0 Å². The van der Waals surface area contributed by atoms with Crippen molar-refractivity contribution >= 4 is 17.4 Å². The summed E-state index contributed by atoms with van der Waals surface area (Å²) in [5.41, 5.74) is 0.944. The molecule has 0 bridgehead atoms. The molecule has 4 heteroatoms. The van der Waals surface area contributed by atoms with Crippen LogP contribution in [0.1, 0.15) is 26.5 Å². The summed E-state index contributed by atoms with van der Waals surface area (Å²) in [6.45, 7) is 7.02. The molecule has 1 aromatic heterocycles. The molecule has 0 aliphatic carbocycles. The summed E-state index contributed by atoms with van der Waals surface area (Å²) in [5, 5.41) is 7.05. The molecule has 15 heavy (non-hydrogen) atoms. The molecule has 0 fully saturated rings. The number of aromatic nitrogens is 1. The van der Waals surface area contributed by atoms with Crippen molar-refractivity contribution in [1.29, 1.82) is 0 Å². The highest BCUT2D eigenvalue weighted by molar-refractivity contribution is 6.31. The summed E-state index contributed by atoms with van der Waals surface area (Å²) in [5.74, 6) is 0.838. The smallest absolute Gasteiger partial charge is 0.126 e. The van der Waals surface area contributed by atoms with Gasteiger partial charge in [-0.2, -0.15) is 0 Å². The van der Waals surface area contributed by atoms with Crippen LogP contribution in [0.5, 0.6) is 0 Å². The van der Waals surface area contributed by atoms with Crippen molar-refractivity contribution in [3.63, 3.8) is 0 Å². The minimum absolute atomic E-state index is 0.0701. The van der Waals surface area contributed by atoms with Gasteiger partial charge in [0.1, 0.15) is 5.82 Å². The van der Waals surface area contributed by atoms with Gasteiger partial charge in [0.05, 0.1) is 10.7 Å². The number of nitrogens with zero attached hydrogens (tertiary/aromatic N) is 1. The maximum Gasteiger partial charge on any atom is 0.126 e. The highest BCUT2D eigenvalue weighted by atomic mass is 35.5. The SMILES string of the molecule is CNc1ccc(Cl)c(CNC(C)(C)C)n1. The molecular weight excluding hydrogens is 210 g/mol. The summed E-state index contributed by atoms with van der Waals surface area (Å²) in [6, 6.07) is 3.73. The molecule has 1 heterocycles. The molecule has 0 unspecified atom stereocenters. The normalized spacial score (nSPS) is 11.5. The average molecular weight is 228 g/mol. The molecular formula is C11H18ClN3. The monoisotopic (exact) mass is 227 g/mol. The lowest BCUT2D eigenvalue weighted by atomic mass is 10.1. The predicted octanol–water partition coefficient (Wildman–Crippen LogP) is 2.66. The van der Waals surface area contributed by atoms with Gasteiger partial charge in [-0.25, -0.2) is 4.98 Å². The first kappa shape index (κ1) is 12.3. The van der Waals surface area contributed by atoms with E-state index in [1.807, 2.05) is 19.2 Å². The lowest BCUT2D eigenvalue weighted by Crippen LogP contribution is -2.35. The Morgan fingerprint density at radius 3 is 2.53 bits per heavy atom. The molecule has 0 aromatic carbocycles. The average Bonchev–Trinajstić information content (AvgIpc) is 2.15. The van der Waals surface area contributed by atoms with Gasteiger partial charge in [-0.3, -0.25) is 0 Å². The van der Waals surface area contributed by atoms with Crippen molar-refractivity contribution in [2.75, 3.05) is 12.4 Å².